The molecule has 0 bridgehead atoms. The van der Waals surface area contributed by atoms with Crippen molar-refractivity contribution in [3.05, 3.63) is 24.2 Å². The van der Waals surface area contributed by atoms with Gasteiger partial charge in [0.1, 0.15) is 0 Å². The number of nitrogens with zero attached hydrogens (tertiary/aromatic N) is 2. The van der Waals surface area contributed by atoms with E-state index < -0.39 is 0 Å². The van der Waals surface area contributed by atoms with Gasteiger partial charge in [-0.1, -0.05) is 19.3 Å². The third kappa shape index (κ3) is 5.86. The molecule has 1 aromatic rings. The predicted octanol–water partition coefficient (Wildman–Crippen LogP) is 2.92. The summed E-state index contributed by atoms with van der Waals surface area (Å²) in [5.74, 6) is 0.613. The number of amides is 2. The van der Waals surface area contributed by atoms with Crippen LogP contribution in [0.5, 0.6) is 0 Å². The molecule has 0 spiro atoms. The van der Waals surface area contributed by atoms with Crippen LogP contribution >= 0.6 is 12.2 Å². The summed E-state index contributed by atoms with van der Waals surface area (Å²) in [6, 6.07) is 4.16. The number of thiocarbonyl (C=S) groups is 1. The highest BCUT2D eigenvalue weighted by Crippen LogP contribution is 2.27. The van der Waals surface area contributed by atoms with E-state index in [1.54, 1.807) is 12.1 Å². The third-order valence-electron chi connectivity index (χ3n) is 7.10. The third-order valence-corrected chi connectivity index (χ3v) is 7.32. The quantitative estimate of drug-likeness (QED) is 0.693. The monoisotopic (exact) mass is 446 g/mol. The number of hydrogen-bond acceptors (Lipinski definition) is 5. The molecule has 0 atom stereocenters. The van der Waals surface area contributed by atoms with Crippen molar-refractivity contribution in [3.63, 3.8) is 0 Å². The number of nitrogens with one attached hydrogen (secondary N) is 2. The van der Waals surface area contributed by atoms with Gasteiger partial charge in [-0.15, -0.1) is 0 Å². The summed E-state index contributed by atoms with van der Waals surface area (Å²) >= 11 is 5.30. The van der Waals surface area contributed by atoms with Gasteiger partial charge in [-0.3, -0.25) is 19.8 Å². The summed E-state index contributed by atoms with van der Waals surface area (Å²) in [7, 11) is 0. The van der Waals surface area contributed by atoms with Crippen LogP contribution in [-0.4, -0.2) is 65.0 Å². The number of rotatable bonds is 4. The Morgan fingerprint density at radius 1 is 0.968 bits per heavy atom. The summed E-state index contributed by atoms with van der Waals surface area (Å²) in [4.78, 5) is 29.5. The fourth-order valence-corrected chi connectivity index (χ4v) is 5.55. The van der Waals surface area contributed by atoms with E-state index in [9.17, 15) is 9.59 Å². The van der Waals surface area contributed by atoms with Crippen LogP contribution in [0.2, 0.25) is 0 Å². The molecule has 4 rings (SSSR count). The van der Waals surface area contributed by atoms with Gasteiger partial charge in [-0.05, 0) is 62.9 Å². The normalized spacial score (nSPS) is 25.7. The zero-order valence-electron chi connectivity index (χ0n) is 18.2. The van der Waals surface area contributed by atoms with E-state index in [2.05, 4.69) is 20.4 Å². The van der Waals surface area contributed by atoms with Crippen LogP contribution in [0.15, 0.2) is 22.8 Å². The Morgan fingerprint density at radius 3 is 2.32 bits per heavy atom. The minimum Gasteiger partial charge on any atom is -0.459 e. The molecule has 170 valence electrons. The first-order valence-corrected chi connectivity index (χ1v) is 12.2. The number of furan rings is 1. The zero-order chi connectivity index (χ0) is 21.6. The van der Waals surface area contributed by atoms with Gasteiger partial charge in [0.15, 0.2) is 10.9 Å². The topological polar surface area (TPSA) is 77.8 Å². The highest BCUT2D eigenvalue weighted by molar-refractivity contribution is 7.80. The molecule has 2 saturated carbocycles. The summed E-state index contributed by atoms with van der Waals surface area (Å²) in [5, 5.41) is 6.33. The Balaban J connectivity index is 1.15. The summed E-state index contributed by atoms with van der Waals surface area (Å²) in [6.45, 7) is 3.71. The molecular weight excluding hydrogens is 412 g/mol. The van der Waals surface area contributed by atoms with E-state index >= 15 is 0 Å². The molecule has 2 amide bonds. The Hall–Kier alpha value is -1.93. The molecule has 2 N–H and O–H groups in total. The second-order valence-electron chi connectivity index (χ2n) is 9.11. The molecule has 0 aromatic carbocycles. The maximum Gasteiger partial charge on any atom is 0.293 e. The van der Waals surface area contributed by atoms with Crippen molar-refractivity contribution in [2.24, 2.45) is 5.92 Å². The van der Waals surface area contributed by atoms with Gasteiger partial charge in [0, 0.05) is 44.2 Å². The lowest BCUT2D eigenvalue weighted by atomic mass is 9.88. The molecule has 0 radical (unpaired) electrons. The van der Waals surface area contributed by atoms with Gasteiger partial charge in [-0.25, -0.2) is 0 Å². The van der Waals surface area contributed by atoms with E-state index in [0.717, 1.165) is 64.7 Å². The first-order valence-electron chi connectivity index (χ1n) is 11.8. The van der Waals surface area contributed by atoms with Gasteiger partial charge in [0.05, 0.1) is 6.26 Å². The lowest BCUT2D eigenvalue weighted by molar-refractivity contribution is -0.138. The first-order chi connectivity index (χ1) is 15.1. The van der Waals surface area contributed by atoms with E-state index in [1.165, 1.54) is 25.5 Å². The molecule has 3 aliphatic rings. The van der Waals surface area contributed by atoms with Crippen LogP contribution in [0.4, 0.5) is 0 Å². The average Bonchev–Trinajstić information content (AvgIpc) is 3.35. The lowest BCUT2D eigenvalue weighted by Gasteiger charge is -2.43. The first kappa shape index (κ1) is 22.3. The minimum absolute atomic E-state index is 0.258. The average molecular weight is 447 g/mol. The second kappa shape index (κ2) is 10.6. The standard InChI is InChI=1S/C23H34N4O3S/c28-21(20-7-4-16-30-20)25-23(31)24-18-8-10-19(11-9-18)26-12-14-27(15-13-26)22(29)17-5-2-1-3-6-17/h4,7,16-19H,1-3,5-6,8-15H2,(H2,24,25,28,31). The second-order valence-corrected chi connectivity index (χ2v) is 9.51. The van der Waals surface area contributed by atoms with Crippen molar-refractivity contribution in [2.45, 2.75) is 69.9 Å². The summed E-state index contributed by atoms with van der Waals surface area (Å²) in [5.41, 5.74) is 0. The summed E-state index contributed by atoms with van der Waals surface area (Å²) in [6.07, 6.45) is 11.6. The van der Waals surface area contributed by atoms with Crippen LogP contribution in [0.25, 0.3) is 0 Å². The van der Waals surface area contributed by atoms with Crippen LogP contribution in [-0.2, 0) is 4.79 Å². The predicted molar refractivity (Wildman–Crippen MR) is 123 cm³/mol. The van der Waals surface area contributed by atoms with Crippen molar-refractivity contribution in [1.82, 2.24) is 20.4 Å². The molecule has 1 aromatic heterocycles. The SMILES string of the molecule is O=C(NC(=S)NC1CCC(N2CCN(C(=O)C3CCCCC3)CC2)CC1)c1ccco1. The Labute approximate surface area is 189 Å². The molecule has 8 heteroatoms. The van der Waals surface area contributed by atoms with Crippen LogP contribution < -0.4 is 10.6 Å². The zero-order valence-corrected chi connectivity index (χ0v) is 19.0. The minimum atomic E-state index is -0.322. The Kier molecular flexibility index (Phi) is 7.61. The molecule has 1 aliphatic heterocycles. The molecule has 1 saturated heterocycles. The van der Waals surface area contributed by atoms with Crippen molar-refractivity contribution >= 4 is 29.1 Å². The van der Waals surface area contributed by atoms with E-state index in [0.29, 0.717) is 17.1 Å². The molecule has 31 heavy (non-hydrogen) atoms. The van der Waals surface area contributed by atoms with Crippen LogP contribution in [0, 0.1) is 5.92 Å². The smallest absolute Gasteiger partial charge is 0.293 e. The van der Waals surface area contributed by atoms with Gasteiger partial charge in [-0.2, -0.15) is 0 Å². The van der Waals surface area contributed by atoms with E-state index in [-0.39, 0.29) is 23.6 Å². The maximum absolute atomic E-state index is 12.8. The summed E-state index contributed by atoms with van der Waals surface area (Å²) < 4.78 is 5.09. The van der Waals surface area contributed by atoms with Gasteiger partial charge in [0.2, 0.25) is 5.91 Å². The van der Waals surface area contributed by atoms with E-state index in [1.807, 2.05) is 0 Å². The number of carbonyl (C=O) groups excluding carboxylic acids is 2. The number of piperazine rings is 1. The lowest BCUT2D eigenvalue weighted by Crippen LogP contribution is -2.54. The van der Waals surface area contributed by atoms with Crippen LogP contribution in [0.1, 0.15) is 68.3 Å². The molecule has 3 fully saturated rings. The number of carbonyl (C=O) groups is 2. The maximum atomic E-state index is 12.8. The molecule has 0 unspecified atom stereocenters. The molecular formula is C23H34N4O3S. The molecule has 7 nitrogen and oxygen atoms in total. The van der Waals surface area contributed by atoms with Crippen molar-refractivity contribution < 1.29 is 14.0 Å². The number of hydrogen-bond donors (Lipinski definition) is 2. The molecule has 2 heterocycles. The van der Waals surface area contributed by atoms with E-state index in [4.69, 9.17) is 16.6 Å². The van der Waals surface area contributed by atoms with Crippen molar-refractivity contribution in [3.8, 4) is 0 Å². The van der Waals surface area contributed by atoms with Crippen molar-refractivity contribution in [2.75, 3.05) is 26.2 Å². The van der Waals surface area contributed by atoms with Gasteiger partial charge < -0.3 is 14.6 Å². The fourth-order valence-electron chi connectivity index (χ4n) is 5.29. The largest absolute Gasteiger partial charge is 0.459 e. The van der Waals surface area contributed by atoms with Crippen LogP contribution in [0.3, 0.4) is 0 Å². The van der Waals surface area contributed by atoms with Gasteiger partial charge in [0.25, 0.3) is 5.91 Å². The highest BCUT2D eigenvalue weighted by atomic mass is 32.1. The van der Waals surface area contributed by atoms with Crippen molar-refractivity contribution in [1.29, 1.82) is 0 Å². The Morgan fingerprint density at radius 2 is 1.68 bits per heavy atom. The van der Waals surface area contributed by atoms with Gasteiger partial charge >= 0.3 is 0 Å². The highest BCUT2D eigenvalue weighted by Gasteiger charge is 2.32. The Bertz CT molecular complexity index is 747. The molecule has 2 aliphatic carbocycles. The fraction of sp³-hybridized carbons (Fsp3) is 0.696.